The van der Waals surface area contributed by atoms with Crippen LogP contribution in [0.5, 0.6) is 0 Å². The smallest absolute Gasteiger partial charge is 0.211 e. The fraction of sp³-hybridized carbons (Fsp3) is 0. The monoisotopic (exact) mass is 342 g/mol. The van der Waals surface area contributed by atoms with Gasteiger partial charge in [0.1, 0.15) is 5.69 Å². The van der Waals surface area contributed by atoms with E-state index in [0.717, 1.165) is 27.5 Å². The van der Waals surface area contributed by atoms with Crippen LogP contribution in [0.1, 0.15) is 0 Å². The minimum absolute atomic E-state index is 0.210. The first-order valence-corrected chi connectivity index (χ1v) is 8.02. The minimum atomic E-state index is 0.210. The molecule has 0 aliphatic carbocycles. The highest BCUT2D eigenvalue weighted by molar-refractivity contribution is 6.09. The van der Waals surface area contributed by atoms with E-state index in [0.29, 0.717) is 17.8 Å². The number of anilines is 3. The van der Waals surface area contributed by atoms with E-state index in [1.807, 2.05) is 48.5 Å². The second kappa shape index (κ2) is 6.60. The molecule has 1 aromatic heterocycles. The van der Waals surface area contributed by atoms with E-state index < -0.39 is 0 Å². The van der Waals surface area contributed by atoms with Crippen LogP contribution >= 0.6 is 0 Å². The van der Waals surface area contributed by atoms with Gasteiger partial charge in [-0.3, -0.25) is 4.79 Å². The Morgan fingerprint density at radius 2 is 1.54 bits per heavy atom. The van der Waals surface area contributed by atoms with Gasteiger partial charge in [0.25, 0.3) is 0 Å². The van der Waals surface area contributed by atoms with Gasteiger partial charge in [-0.2, -0.15) is 0 Å². The Bertz CT molecular complexity index is 1090. The molecule has 6 nitrogen and oxygen atoms in total. The van der Waals surface area contributed by atoms with Crippen LogP contribution in [-0.4, -0.2) is 11.4 Å². The zero-order valence-corrected chi connectivity index (χ0v) is 13.6. The van der Waals surface area contributed by atoms with Gasteiger partial charge in [-0.15, -0.1) is 4.91 Å². The van der Waals surface area contributed by atoms with Crippen molar-refractivity contribution in [3.8, 4) is 0 Å². The van der Waals surface area contributed by atoms with E-state index in [2.05, 4.69) is 20.8 Å². The standard InChI is InChI=1S/C20H14N4O2/c25-12-21-13-9-10-18(19(11-13)24-26)23-20-14-5-1-3-7-16(14)22-17-8-4-2-6-15(17)20/h1-12H,(H,21,25)(H,22,23). The van der Waals surface area contributed by atoms with Crippen LogP contribution in [0.15, 0.2) is 71.9 Å². The number of rotatable bonds is 5. The van der Waals surface area contributed by atoms with Gasteiger partial charge in [0.15, 0.2) is 0 Å². The summed E-state index contributed by atoms with van der Waals surface area (Å²) in [6.07, 6.45) is 0.556. The number of nitrogens with one attached hydrogen (secondary N) is 2. The molecule has 0 atom stereocenters. The maximum Gasteiger partial charge on any atom is 0.211 e. The normalized spacial score (nSPS) is 10.6. The third kappa shape index (κ3) is 2.73. The van der Waals surface area contributed by atoms with Crippen molar-refractivity contribution >= 4 is 51.0 Å². The highest BCUT2D eigenvalue weighted by Crippen LogP contribution is 2.36. The highest BCUT2D eigenvalue weighted by atomic mass is 16.3. The summed E-state index contributed by atoms with van der Waals surface area (Å²) >= 11 is 0. The first kappa shape index (κ1) is 15.7. The molecule has 4 aromatic rings. The van der Waals surface area contributed by atoms with Crippen molar-refractivity contribution in [2.45, 2.75) is 0 Å². The molecule has 126 valence electrons. The number of pyridine rings is 1. The molecule has 1 heterocycles. The lowest BCUT2D eigenvalue weighted by Gasteiger charge is -2.14. The number of benzene rings is 3. The molecule has 4 rings (SSSR count). The summed E-state index contributed by atoms with van der Waals surface area (Å²) in [5.41, 5.74) is 3.83. The molecule has 3 aromatic carbocycles. The number of carbonyl (C=O) groups is 1. The summed E-state index contributed by atoms with van der Waals surface area (Å²) < 4.78 is 0. The molecule has 0 unspecified atom stereocenters. The van der Waals surface area contributed by atoms with Crippen molar-refractivity contribution in [2.75, 3.05) is 10.6 Å². The molecule has 0 aliphatic heterocycles. The highest BCUT2D eigenvalue weighted by Gasteiger charge is 2.12. The zero-order chi connectivity index (χ0) is 17.9. The van der Waals surface area contributed by atoms with Crippen molar-refractivity contribution in [1.29, 1.82) is 0 Å². The van der Waals surface area contributed by atoms with E-state index >= 15 is 0 Å². The van der Waals surface area contributed by atoms with Crippen LogP contribution in [0, 0.1) is 4.91 Å². The number of para-hydroxylation sites is 2. The Balaban J connectivity index is 1.91. The SMILES string of the molecule is O=CNc1ccc(Nc2c3ccccc3nc3ccccc23)c(N=O)c1. The first-order chi connectivity index (χ1) is 12.8. The zero-order valence-electron chi connectivity index (χ0n) is 13.6. The summed E-state index contributed by atoms with van der Waals surface area (Å²) in [5, 5.41) is 10.8. The van der Waals surface area contributed by atoms with Crippen molar-refractivity contribution in [2.24, 2.45) is 5.18 Å². The molecule has 0 bridgehead atoms. The molecule has 2 N–H and O–H groups in total. The molecule has 0 radical (unpaired) electrons. The molecule has 0 saturated heterocycles. The second-order valence-electron chi connectivity index (χ2n) is 5.73. The fourth-order valence-electron chi connectivity index (χ4n) is 2.98. The van der Waals surface area contributed by atoms with Gasteiger partial charge < -0.3 is 10.6 Å². The Morgan fingerprint density at radius 3 is 2.15 bits per heavy atom. The molecule has 1 amide bonds. The van der Waals surface area contributed by atoms with Crippen molar-refractivity contribution in [3.63, 3.8) is 0 Å². The first-order valence-electron chi connectivity index (χ1n) is 8.02. The molecule has 0 aliphatic rings. The van der Waals surface area contributed by atoms with Gasteiger partial charge >= 0.3 is 0 Å². The number of aromatic nitrogens is 1. The number of hydrogen-bond acceptors (Lipinski definition) is 5. The maximum absolute atomic E-state index is 11.3. The summed E-state index contributed by atoms with van der Waals surface area (Å²) in [5.74, 6) is 0. The van der Waals surface area contributed by atoms with Crippen molar-refractivity contribution < 1.29 is 4.79 Å². The van der Waals surface area contributed by atoms with Crippen LogP contribution in [0.3, 0.4) is 0 Å². The molecule has 26 heavy (non-hydrogen) atoms. The predicted octanol–water partition coefficient (Wildman–Crippen LogP) is 5.10. The number of amides is 1. The van der Waals surface area contributed by atoms with Gasteiger partial charge in [-0.25, -0.2) is 4.98 Å². The van der Waals surface area contributed by atoms with Crippen molar-refractivity contribution in [1.82, 2.24) is 4.98 Å². The number of nitroso groups, excluding NO2 is 1. The number of hydrogen-bond donors (Lipinski definition) is 2. The molecule has 6 heteroatoms. The number of carbonyl (C=O) groups excluding carboxylic acids is 1. The van der Waals surface area contributed by atoms with E-state index in [9.17, 15) is 9.70 Å². The lowest BCUT2D eigenvalue weighted by atomic mass is 10.1. The maximum atomic E-state index is 11.3. The fourth-order valence-corrected chi connectivity index (χ4v) is 2.98. The summed E-state index contributed by atoms with van der Waals surface area (Å²) in [7, 11) is 0. The third-order valence-electron chi connectivity index (χ3n) is 4.17. The van der Waals surface area contributed by atoms with E-state index in [1.54, 1.807) is 12.1 Å². The second-order valence-corrected chi connectivity index (χ2v) is 5.73. The van der Waals surface area contributed by atoms with Crippen LogP contribution < -0.4 is 10.6 Å². The van der Waals surface area contributed by atoms with Crippen molar-refractivity contribution in [3.05, 3.63) is 71.6 Å². The van der Waals surface area contributed by atoms with Crippen LogP contribution in [0.2, 0.25) is 0 Å². The Morgan fingerprint density at radius 1 is 0.885 bits per heavy atom. The Hall–Kier alpha value is -3.80. The molecule has 0 saturated carbocycles. The largest absolute Gasteiger partial charge is 0.353 e. The minimum Gasteiger partial charge on any atom is -0.353 e. The summed E-state index contributed by atoms with van der Waals surface area (Å²) in [6, 6.07) is 20.6. The van der Waals surface area contributed by atoms with Gasteiger partial charge in [-0.05, 0) is 35.5 Å². The van der Waals surface area contributed by atoms with Gasteiger partial charge in [0, 0.05) is 16.5 Å². The van der Waals surface area contributed by atoms with Crippen LogP contribution in [0.25, 0.3) is 21.8 Å². The van der Waals surface area contributed by atoms with Crippen LogP contribution in [-0.2, 0) is 4.79 Å². The van der Waals surface area contributed by atoms with Gasteiger partial charge in [0.05, 0.1) is 22.4 Å². The molecular weight excluding hydrogens is 328 g/mol. The van der Waals surface area contributed by atoms with Crippen LogP contribution in [0.4, 0.5) is 22.7 Å². The summed E-state index contributed by atoms with van der Waals surface area (Å²) in [4.78, 5) is 26.6. The molecular formula is C20H14N4O2. The topological polar surface area (TPSA) is 83.4 Å². The van der Waals surface area contributed by atoms with Gasteiger partial charge in [-0.1, -0.05) is 36.4 Å². The Labute approximate surface area is 148 Å². The number of fused-ring (bicyclic) bond motifs is 2. The lowest BCUT2D eigenvalue weighted by Crippen LogP contribution is -1.97. The lowest BCUT2D eigenvalue weighted by molar-refractivity contribution is -0.105. The molecule has 0 spiro atoms. The average Bonchev–Trinajstić information content (AvgIpc) is 2.69. The predicted molar refractivity (Wildman–Crippen MR) is 104 cm³/mol. The van der Waals surface area contributed by atoms with E-state index in [1.165, 1.54) is 6.07 Å². The molecule has 0 fully saturated rings. The quantitative estimate of drug-likeness (QED) is 0.300. The van der Waals surface area contributed by atoms with Gasteiger partial charge in [0.2, 0.25) is 6.41 Å². The summed E-state index contributed by atoms with van der Waals surface area (Å²) in [6.45, 7) is 0. The van der Waals surface area contributed by atoms with E-state index in [-0.39, 0.29) is 5.69 Å². The Kier molecular flexibility index (Phi) is 3.99. The van der Waals surface area contributed by atoms with E-state index in [4.69, 9.17) is 0 Å². The third-order valence-corrected chi connectivity index (χ3v) is 4.17. The number of nitrogens with zero attached hydrogens (tertiary/aromatic N) is 2. The average molecular weight is 342 g/mol.